The van der Waals surface area contributed by atoms with Crippen LogP contribution in [0.4, 0.5) is 0 Å². The number of hydrogen-bond donors (Lipinski definition) is 0. The summed E-state index contributed by atoms with van der Waals surface area (Å²) in [5.41, 5.74) is 26.5. The minimum absolute atomic E-state index is 0.960. The van der Waals surface area contributed by atoms with E-state index in [1.807, 2.05) is 0 Å². The van der Waals surface area contributed by atoms with Crippen LogP contribution in [-0.2, 0) is 40.5 Å². The summed E-state index contributed by atoms with van der Waals surface area (Å²) >= 11 is 1.67. The van der Waals surface area contributed by atoms with Crippen molar-refractivity contribution in [3.05, 3.63) is 86.0 Å². The first kappa shape index (κ1) is 49.1. The number of allylic oxidation sites excluding steroid dienone is 2. The van der Waals surface area contributed by atoms with Gasteiger partial charge in [0.15, 0.2) is 0 Å². The van der Waals surface area contributed by atoms with Crippen LogP contribution in [0.3, 0.4) is 0 Å². The van der Waals surface area contributed by atoms with Crippen molar-refractivity contribution in [3.8, 4) is 0 Å². The Balaban J connectivity index is 0.000000823. The molecule has 0 amide bonds. The van der Waals surface area contributed by atoms with Crippen LogP contribution in [0, 0.1) is 13.8 Å². The Morgan fingerprint density at radius 1 is 0.473 bits per heavy atom. The van der Waals surface area contributed by atoms with E-state index in [1.54, 1.807) is 19.6 Å². The molecule has 0 spiro atoms. The second-order valence-corrected chi connectivity index (χ2v) is 17.1. The summed E-state index contributed by atoms with van der Waals surface area (Å²) in [6.45, 7) is 29.4. The van der Waals surface area contributed by atoms with Gasteiger partial charge in [0.05, 0.1) is 0 Å². The van der Waals surface area contributed by atoms with Crippen LogP contribution in [-0.4, -0.2) is 38.8 Å². The Hall–Kier alpha value is -2.07. The molecule has 2 aromatic carbocycles. The van der Waals surface area contributed by atoms with E-state index in [-0.39, 0.29) is 0 Å². The van der Waals surface area contributed by atoms with E-state index in [2.05, 4.69) is 114 Å². The van der Waals surface area contributed by atoms with Crippen LogP contribution < -0.4 is 0 Å². The van der Waals surface area contributed by atoms with Crippen LogP contribution in [0.15, 0.2) is 35.9 Å². The zero-order valence-electron chi connectivity index (χ0n) is 37.8. The molecule has 0 bridgehead atoms. The molecule has 1 aliphatic rings. The fraction of sp³-hybridized carbons (Fsp3) is 0.680. The van der Waals surface area contributed by atoms with Crippen molar-refractivity contribution in [2.24, 2.45) is 0 Å². The molecule has 5 heteroatoms. The van der Waals surface area contributed by atoms with Crippen LogP contribution in [0.25, 0.3) is 16.9 Å². The number of nitrogens with zero attached hydrogens (tertiary/aromatic N) is 4. The van der Waals surface area contributed by atoms with Crippen LogP contribution in [0.5, 0.6) is 0 Å². The summed E-state index contributed by atoms with van der Waals surface area (Å²) < 4.78 is 6.32. The first-order valence-electron chi connectivity index (χ1n) is 23.0. The Labute approximate surface area is 347 Å². The fourth-order valence-corrected chi connectivity index (χ4v) is 8.53. The summed E-state index contributed by atoms with van der Waals surface area (Å²) in [7, 11) is 0. The molecule has 0 radical (unpaired) electrons. The molecule has 55 heavy (non-hydrogen) atoms. The number of hydrogen-bond acceptors (Lipinski definition) is 2. The zero-order valence-corrected chi connectivity index (χ0v) is 38.7. The molecule has 0 atom stereocenters. The third-order valence-electron chi connectivity index (χ3n) is 11.3. The van der Waals surface area contributed by atoms with Gasteiger partial charge in [-0.15, -0.1) is 0 Å². The van der Waals surface area contributed by atoms with Gasteiger partial charge in [0, 0.05) is 22.8 Å². The Bertz CT molecular complexity index is 1390. The molecule has 314 valence electrons. The monoisotopic (exact) mass is 799 g/mol. The molecule has 4 nitrogen and oxygen atoms in total. The van der Waals surface area contributed by atoms with Gasteiger partial charge in [0.1, 0.15) is 0 Å². The van der Waals surface area contributed by atoms with Crippen molar-refractivity contribution in [1.82, 2.24) is 7.96 Å². The second kappa shape index (κ2) is 28.4. The zero-order chi connectivity index (χ0) is 40.6. The summed E-state index contributed by atoms with van der Waals surface area (Å²) in [6.07, 6.45) is 25.1. The van der Waals surface area contributed by atoms with Gasteiger partial charge in [-0.25, -0.2) is 4.70 Å². The van der Waals surface area contributed by atoms with E-state index in [9.17, 15) is 5.53 Å². The predicted octanol–water partition coefficient (Wildman–Crippen LogP) is 14.8. The van der Waals surface area contributed by atoms with Crippen LogP contribution in [0.2, 0.25) is 0 Å². The average Bonchev–Trinajstić information content (AvgIpc) is 3.53. The summed E-state index contributed by atoms with van der Waals surface area (Å²) in [5.74, 6) is 0. The van der Waals surface area contributed by atoms with Crippen LogP contribution in [0.1, 0.15) is 203 Å². The van der Waals surface area contributed by atoms with Gasteiger partial charge in [-0.3, -0.25) is 0 Å². The molecule has 0 fully saturated rings. The molecule has 0 unspecified atom stereocenters. The predicted molar refractivity (Wildman–Crippen MR) is 239 cm³/mol. The molecule has 1 aliphatic heterocycles. The van der Waals surface area contributed by atoms with Crippen molar-refractivity contribution >= 4 is 11.4 Å². The third kappa shape index (κ3) is 16.0. The molecular formula is C50H84N4Ni. The topological polar surface area (TPSA) is 31.8 Å². The maximum absolute atomic E-state index is 12.1. The quantitative estimate of drug-likeness (QED) is 0.0512. The van der Waals surface area contributed by atoms with E-state index in [0.717, 1.165) is 69.7 Å². The van der Waals surface area contributed by atoms with Gasteiger partial charge in [-0.2, -0.15) is 0 Å². The van der Waals surface area contributed by atoms with Gasteiger partial charge in [-0.1, -0.05) is 92.4 Å². The Morgan fingerprint density at radius 2 is 0.836 bits per heavy atom. The number of unbranched alkanes of at least 4 members (excludes halogenated alkanes) is 9. The molecule has 0 N–H and O–H groups in total. The normalized spacial score (nSPS) is 13.0. The summed E-state index contributed by atoms with van der Waals surface area (Å²) in [6, 6.07) is 9.58. The van der Waals surface area contributed by atoms with E-state index in [1.165, 1.54) is 140 Å². The molecule has 1 heterocycles. The van der Waals surface area contributed by atoms with Crippen molar-refractivity contribution in [2.45, 2.75) is 198 Å². The standard InChI is InChI=1S/C42H64N2.2C4H10N.Ni/c1-8-13-18-19-20-21-26-38-31-41(39-27-34(22-14-9-2)32(6)35(28-39)23-15-10-3)44(43)42(38)40-29-36(24-16-11-4)33(7)37(30-40)25-17-12-5;2*1-3-5-4-2;/h27-31H,8-26H2,1-7H3;2*3-4H2,1-2H3;/q;2*-1;+2. The summed E-state index contributed by atoms with van der Waals surface area (Å²) in [4.78, 5) is 0. The first-order valence-corrected chi connectivity index (χ1v) is 23.8. The van der Waals surface area contributed by atoms with Crippen molar-refractivity contribution < 1.29 is 19.6 Å². The molecule has 0 aromatic heterocycles. The van der Waals surface area contributed by atoms with Gasteiger partial charge in [-0.05, 0) is 136 Å². The molecule has 2 aromatic rings. The van der Waals surface area contributed by atoms with Gasteiger partial charge in [0.2, 0.25) is 11.4 Å². The van der Waals surface area contributed by atoms with Gasteiger partial charge < -0.3 is 5.53 Å². The van der Waals surface area contributed by atoms with E-state index in [4.69, 9.17) is 0 Å². The molecule has 0 saturated heterocycles. The molecule has 3 rings (SSSR count). The van der Waals surface area contributed by atoms with Gasteiger partial charge in [0.25, 0.3) is 0 Å². The molecule has 0 saturated carbocycles. The van der Waals surface area contributed by atoms with Crippen molar-refractivity contribution in [2.75, 3.05) is 26.2 Å². The van der Waals surface area contributed by atoms with Crippen molar-refractivity contribution in [3.63, 3.8) is 0 Å². The minimum atomic E-state index is 0.960. The van der Waals surface area contributed by atoms with Gasteiger partial charge >= 0.3 is 76.7 Å². The SMILES string of the molecule is CCCCCCCCC1=C(c2cc(CCCC)c(C)c(CCCC)c2)[N+](=[N-])C(c2cc(CCCC)c(C)c(CCCC)c2)=C1.CC[N](CC)[Ni][N](CC)CC. The van der Waals surface area contributed by atoms with E-state index < -0.39 is 0 Å². The fourth-order valence-electron chi connectivity index (χ4n) is 7.58. The van der Waals surface area contributed by atoms with E-state index >= 15 is 0 Å². The van der Waals surface area contributed by atoms with Crippen LogP contribution >= 0.6 is 0 Å². The second-order valence-electron chi connectivity index (χ2n) is 15.7. The maximum atomic E-state index is 12.1. The number of benzene rings is 2. The third-order valence-corrected chi connectivity index (χ3v) is 13.1. The number of aryl methyl sites for hydroxylation is 4. The van der Waals surface area contributed by atoms with Crippen molar-refractivity contribution in [1.29, 1.82) is 0 Å². The Kier molecular flexibility index (Phi) is 25.3. The Morgan fingerprint density at radius 3 is 1.22 bits per heavy atom. The summed E-state index contributed by atoms with van der Waals surface area (Å²) in [5, 5.41) is 0. The first-order chi connectivity index (χ1) is 26.7. The molecular weight excluding hydrogens is 715 g/mol. The van der Waals surface area contributed by atoms with E-state index in [0.29, 0.717) is 0 Å². The number of rotatable bonds is 27. The average molecular weight is 800 g/mol. The molecule has 0 aliphatic carbocycles.